The molecule has 4 aliphatic heterocycles. The molecule has 0 bridgehead atoms. The quantitative estimate of drug-likeness (QED) is 0.463. The molecule has 0 saturated carbocycles. The number of benzene rings is 1. The van der Waals surface area contributed by atoms with Crippen molar-refractivity contribution < 1.29 is 14.6 Å². The van der Waals surface area contributed by atoms with E-state index >= 15 is 0 Å². The number of piperidine rings is 1. The van der Waals surface area contributed by atoms with Crippen LogP contribution in [0, 0.1) is 0 Å². The Hall–Kier alpha value is -3.11. The second kappa shape index (κ2) is 10.6. The second-order valence-corrected chi connectivity index (χ2v) is 11.9. The molecule has 5 rings (SSSR count). The zero-order chi connectivity index (χ0) is 27.0. The molecule has 38 heavy (non-hydrogen) atoms. The Kier molecular flexibility index (Phi) is 7.37. The Bertz CT molecular complexity index is 1080. The molecule has 10 heteroatoms. The number of hydrogen-bond donors (Lipinski definition) is 4. The minimum Gasteiger partial charge on any atom is -0.507 e. The number of rotatable bonds is 4. The molecule has 0 aliphatic carbocycles. The maximum Gasteiger partial charge on any atom is 0.410 e. The minimum atomic E-state index is -0.452. The number of nitrogens with two attached hydrogens (primary N) is 2. The van der Waals surface area contributed by atoms with Crippen LogP contribution < -0.4 is 16.8 Å². The summed E-state index contributed by atoms with van der Waals surface area (Å²) in [6, 6.07) is 8.51. The average molecular weight is 526 g/mol. The van der Waals surface area contributed by atoms with E-state index in [-0.39, 0.29) is 11.8 Å². The van der Waals surface area contributed by atoms with Gasteiger partial charge in [-0.15, -0.1) is 0 Å². The molecule has 0 aromatic heterocycles. The van der Waals surface area contributed by atoms with Crippen LogP contribution in [-0.4, -0.2) is 107 Å². The third-order valence-electron chi connectivity index (χ3n) is 8.17. The van der Waals surface area contributed by atoms with Gasteiger partial charge in [-0.25, -0.2) is 4.79 Å². The fraction of sp³-hybridized carbons (Fsp3) is 0.607. The Labute approximate surface area is 225 Å². The summed E-state index contributed by atoms with van der Waals surface area (Å²) in [5.41, 5.74) is 14.3. The highest BCUT2D eigenvalue weighted by molar-refractivity contribution is 5.70. The van der Waals surface area contributed by atoms with Gasteiger partial charge >= 0.3 is 6.09 Å². The molecular weight excluding hydrogens is 482 g/mol. The maximum atomic E-state index is 12.4. The zero-order valence-corrected chi connectivity index (χ0v) is 22.9. The lowest BCUT2D eigenvalue weighted by molar-refractivity contribution is -0.0410. The van der Waals surface area contributed by atoms with Crippen molar-refractivity contribution in [3.05, 3.63) is 47.4 Å². The number of phenols is 1. The molecular formula is C28H43N7O3. The molecule has 10 nitrogen and oxygen atoms in total. The number of likely N-dealkylation sites (tertiary alicyclic amines) is 2. The number of amides is 1. The smallest absolute Gasteiger partial charge is 0.410 e. The topological polar surface area (TPSA) is 124 Å². The van der Waals surface area contributed by atoms with Gasteiger partial charge in [-0.1, -0.05) is 12.1 Å². The van der Waals surface area contributed by atoms with E-state index in [2.05, 4.69) is 20.0 Å². The van der Waals surface area contributed by atoms with Crippen LogP contribution in [0.3, 0.4) is 0 Å². The summed E-state index contributed by atoms with van der Waals surface area (Å²) in [6.07, 6.45) is 3.70. The van der Waals surface area contributed by atoms with Crippen molar-refractivity contribution >= 4 is 11.8 Å². The third-order valence-corrected chi connectivity index (χ3v) is 8.17. The van der Waals surface area contributed by atoms with Crippen molar-refractivity contribution in [2.45, 2.75) is 57.3 Å². The number of phenolic OH excluding ortho intramolecular Hbond substituents is 1. The Morgan fingerprint density at radius 3 is 2.39 bits per heavy atom. The number of fused-ring (bicyclic) bond motifs is 1. The number of carbonyl (C=O) groups is 1. The van der Waals surface area contributed by atoms with Gasteiger partial charge in [0.1, 0.15) is 17.2 Å². The maximum absolute atomic E-state index is 12.4. The Morgan fingerprint density at radius 2 is 1.71 bits per heavy atom. The van der Waals surface area contributed by atoms with Crippen molar-refractivity contribution in [3.8, 4) is 5.75 Å². The van der Waals surface area contributed by atoms with Gasteiger partial charge in [-0.05, 0) is 51.8 Å². The van der Waals surface area contributed by atoms with Crippen molar-refractivity contribution in [3.63, 3.8) is 0 Å². The standard InChI is InChI=1S/C28H43N7O3/c1-28(2,3)38-27(37)32-10-8-19(9-11-32)34-17-21(18-34)33-12-13-35-20(16-33)15-31-26(30)24(35)14-23(29)22-6-4-5-7-25(22)36/h4-7,14,19-21,31,36H,8-13,15-18,29-30H2,1-3H3/b23-14-. The summed E-state index contributed by atoms with van der Waals surface area (Å²) in [6.45, 7) is 13.1. The van der Waals surface area contributed by atoms with Crippen molar-refractivity contribution in [2.24, 2.45) is 11.5 Å². The summed E-state index contributed by atoms with van der Waals surface area (Å²) in [7, 11) is 0. The van der Waals surface area contributed by atoms with Gasteiger partial charge < -0.3 is 36.4 Å². The number of para-hydroxylation sites is 1. The number of nitrogens with zero attached hydrogens (tertiary/aromatic N) is 4. The predicted octanol–water partition coefficient (Wildman–Crippen LogP) is 1.49. The van der Waals surface area contributed by atoms with E-state index in [0.717, 1.165) is 70.9 Å². The summed E-state index contributed by atoms with van der Waals surface area (Å²) in [5.74, 6) is 0.788. The normalized spacial score (nSPS) is 24.6. The molecule has 1 aromatic carbocycles. The number of nitrogens with one attached hydrogen (secondary N) is 1. The Balaban J connectivity index is 1.12. The largest absolute Gasteiger partial charge is 0.507 e. The molecule has 0 radical (unpaired) electrons. The highest BCUT2D eigenvalue weighted by Gasteiger charge is 2.41. The van der Waals surface area contributed by atoms with E-state index in [1.54, 1.807) is 12.1 Å². The van der Waals surface area contributed by atoms with Crippen LogP contribution in [0.2, 0.25) is 0 Å². The molecule has 208 valence electrons. The zero-order valence-electron chi connectivity index (χ0n) is 22.9. The van der Waals surface area contributed by atoms with E-state index in [4.69, 9.17) is 16.2 Å². The van der Waals surface area contributed by atoms with Crippen LogP contribution in [0.4, 0.5) is 4.79 Å². The van der Waals surface area contributed by atoms with Crippen molar-refractivity contribution in [1.82, 2.24) is 24.9 Å². The van der Waals surface area contributed by atoms with E-state index in [0.29, 0.717) is 35.2 Å². The first-order chi connectivity index (χ1) is 18.1. The summed E-state index contributed by atoms with van der Waals surface area (Å²) in [4.78, 5) is 21.8. The first-order valence-corrected chi connectivity index (χ1v) is 13.8. The molecule has 1 aromatic rings. The van der Waals surface area contributed by atoms with Gasteiger partial charge in [0.15, 0.2) is 0 Å². The van der Waals surface area contributed by atoms with Crippen LogP contribution in [0.1, 0.15) is 39.2 Å². The third kappa shape index (κ3) is 5.66. The molecule has 4 aliphatic rings. The van der Waals surface area contributed by atoms with E-state index in [1.165, 1.54) is 0 Å². The van der Waals surface area contributed by atoms with Crippen LogP contribution in [0.5, 0.6) is 5.75 Å². The van der Waals surface area contributed by atoms with Gasteiger partial charge in [0.2, 0.25) is 0 Å². The van der Waals surface area contributed by atoms with Crippen molar-refractivity contribution in [2.75, 3.05) is 52.4 Å². The molecule has 0 spiro atoms. The van der Waals surface area contributed by atoms with Crippen molar-refractivity contribution in [1.29, 1.82) is 0 Å². The first kappa shape index (κ1) is 26.5. The first-order valence-electron chi connectivity index (χ1n) is 13.8. The van der Waals surface area contributed by atoms with E-state index in [9.17, 15) is 9.90 Å². The van der Waals surface area contributed by atoms with Gasteiger partial charge in [0, 0.05) is 75.7 Å². The van der Waals surface area contributed by atoms with Crippen LogP contribution >= 0.6 is 0 Å². The van der Waals surface area contributed by atoms with E-state index < -0.39 is 5.60 Å². The number of hydrogen-bond acceptors (Lipinski definition) is 9. The summed E-state index contributed by atoms with van der Waals surface area (Å²) < 4.78 is 5.54. The fourth-order valence-electron chi connectivity index (χ4n) is 6.04. The molecule has 4 heterocycles. The second-order valence-electron chi connectivity index (χ2n) is 11.9. The monoisotopic (exact) mass is 525 g/mol. The molecule has 1 atom stereocenters. The number of ether oxygens (including phenoxy) is 1. The molecule has 1 amide bonds. The SMILES string of the molecule is CC(C)(C)OC(=O)N1CCC(N2CC(N3CCN4C(/C=C(\N)c5ccccc5O)=C(N)NCC4C3)C2)CC1. The molecule has 3 saturated heterocycles. The fourth-order valence-corrected chi connectivity index (χ4v) is 6.04. The average Bonchev–Trinajstić information content (AvgIpc) is 2.84. The summed E-state index contributed by atoms with van der Waals surface area (Å²) >= 11 is 0. The van der Waals surface area contributed by atoms with Crippen LogP contribution in [0.25, 0.3) is 5.70 Å². The lowest BCUT2D eigenvalue weighted by atomic mass is 9.95. The highest BCUT2D eigenvalue weighted by atomic mass is 16.6. The number of piperazine rings is 1. The van der Waals surface area contributed by atoms with Crippen LogP contribution in [-0.2, 0) is 4.74 Å². The minimum absolute atomic E-state index is 0.163. The molecule has 1 unspecified atom stereocenters. The number of carbonyl (C=O) groups excluding carboxylic acids is 1. The number of allylic oxidation sites excluding steroid dienone is 1. The van der Waals surface area contributed by atoms with Crippen LogP contribution in [0.15, 0.2) is 41.9 Å². The van der Waals surface area contributed by atoms with Gasteiger partial charge in [0.05, 0.1) is 11.7 Å². The van der Waals surface area contributed by atoms with Gasteiger partial charge in [-0.3, -0.25) is 9.80 Å². The Morgan fingerprint density at radius 1 is 1.03 bits per heavy atom. The summed E-state index contributed by atoms with van der Waals surface area (Å²) in [5, 5.41) is 13.6. The lowest BCUT2D eigenvalue weighted by Crippen LogP contribution is -2.68. The lowest BCUT2D eigenvalue weighted by Gasteiger charge is -2.54. The predicted molar refractivity (Wildman–Crippen MR) is 148 cm³/mol. The molecule has 6 N–H and O–H groups in total. The van der Waals surface area contributed by atoms with Gasteiger partial charge in [0.25, 0.3) is 0 Å². The molecule has 3 fully saturated rings. The van der Waals surface area contributed by atoms with Gasteiger partial charge in [-0.2, -0.15) is 0 Å². The van der Waals surface area contributed by atoms with E-state index in [1.807, 2.05) is 43.9 Å². The highest BCUT2D eigenvalue weighted by Crippen LogP contribution is 2.30. The number of aromatic hydroxyl groups is 1.